The maximum absolute atomic E-state index is 12.3. The van der Waals surface area contributed by atoms with E-state index in [9.17, 15) is 4.79 Å². The zero-order valence-electron chi connectivity index (χ0n) is 15.7. The Labute approximate surface area is 169 Å². The van der Waals surface area contributed by atoms with Gasteiger partial charge in [-0.25, -0.2) is 4.98 Å². The van der Waals surface area contributed by atoms with Crippen molar-refractivity contribution >= 4 is 23.1 Å². The second-order valence-corrected chi connectivity index (χ2v) is 7.89. The number of aromatic nitrogens is 1. The van der Waals surface area contributed by atoms with Crippen molar-refractivity contribution in [2.45, 2.75) is 12.5 Å². The van der Waals surface area contributed by atoms with Gasteiger partial charge in [-0.15, -0.1) is 11.3 Å². The Hall–Kier alpha value is -2.70. The molecule has 0 saturated carbocycles. The molecule has 6 heteroatoms. The highest BCUT2D eigenvalue weighted by molar-refractivity contribution is 7.09. The number of amides is 1. The Kier molecular flexibility index (Phi) is 5.99. The van der Waals surface area contributed by atoms with Crippen LogP contribution in [0.15, 0.2) is 66.2 Å². The maximum Gasteiger partial charge on any atom is 0.252 e. The number of anilines is 1. The minimum Gasteiger partial charge on any atom is -0.353 e. The molecule has 0 bridgehead atoms. The van der Waals surface area contributed by atoms with Crippen molar-refractivity contribution in [2.75, 3.05) is 31.1 Å². The topological polar surface area (TPSA) is 57.3 Å². The molecule has 1 fully saturated rings. The molecule has 0 radical (unpaired) electrons. The monoisotopic (exact) mass is 392 g/mol. The van der Waals surface area contributed by atoms with E-state index in [4.69, 9.17) is 0 Å². The first-order valence-electron chi connectivity index (χ1n) is 9.59. The smallest absolute Gasteiger partial charge is 0.252 e. The Morgan fingerprint density at radius 1 is 1.18 bits per heavy atom. The molecule has 0 unspecified atom stereocenters. The second-order valence-electron chi connectivity index (χ2n) is 6.85. The van der Waals surface area contributed by atoms with Crippen LogP contribution in [0.4, 0.5) is 5.82 Å². The Balaban J connectivity index is 1.34. The fourth-order valence-electron chi connectivity index (χ4n) is 3.43. The van der Waals surface area contributed by atoms with E-state index in [0.29, 0.717) is 12.1 Å². The van der Waals surface area contributed by atoms with Gasteiger partial charge in [-0.3, -0.25) is 4.79 Å². The van der Waals surface area contributed by atoms with Crippen LogP contribution in [0.1, 0.15) is 26.8 Å². The van der Waals surface area contributed by atoms with Crippen molar-refractivity contribution in [1.82, 2.24) is 15.6 Å². The molecule has 1 aliphatic rings. The summed E-state index contributed by atoms with van der Waals surface area (Å²) in [7, 11) is 0. The molecular formula is C22H24N4OS. The number of carbonyl (C=O) groups excluding carboxylic acids is 1. The maximum atomic E-state index is 12.3. The minimum atomic E-state index is -0.0712. The lowest BCUT2D eigenvalue weighted by Gasteiger charge is -2.34. The van der Waals surface area contributed by atoms with Crippen molar-refractivity contribution in [3.63, 3.8) is 0 Å². The van der Waals surface area contributed by atoms with Gasteiger partial charge in [0.05, 0.1) is 5.56 Å². The molecule has 144 valence electrons. The second kappa shape index (κ2) is 8.99. The normalized spacial score (nSPS) is 16.7. The van der Waals surface area contributed by atoms with Crippen LogP contribution in [0.3, 0.4) is 0 Å². The number of nitrogens with zero attached hydrogens (tertiary/aromatic N) is 2. The molecule has 28 heavy (non-hydrogen) atoms. The van der Waals surface area contributed by atoms with E-state index in [0.717, 1.165) is 31.9 Å². The fourth-order valence-corrected chi connectivity index (χ4v) is 4.14. The summed E-state index contributed by atoms with van der Waals surface area (Å²) in [6, 6.07) is 18.7. The van der Waals surface area contributed by atoms with Crippen LogP contribution in [-0.2, 0) is 6.42 Å². The quantitative estimate of drug-likeness (QED) is 0.676. The van der Waals surface area contributed by atoms with Crippen LogP contribution in [-0.4, -0.2) is 37.1 Å². The number of carbonyl (C=O) groups is 1. The van der Waals surface area contributed by atoms with Crippen molar-refractivity contribution in [1.29, 1.82) is 0 Å². The summed E-state index contributed by atoms with van der Waals surface area (Å²) in [6.45, 7) is 3.32. The van der Waals surface area contributed by atoms with Gasteiger partial charge in [0.15, 0.2) is 0 Å². The third kappa shape index (κ3) is 4.58. The van der Waals surface area contributed by atoms with Gasteiger partial charge in [-0.2, -0.15) is 0 Å². The summed E-state index contributed by atoms with van der Waals surface area (Å²) in [5, 5.41) is 8.59. The summed E-state index contributed by atoms with van der Waals surface area (Å²) in [5.41, 5.74) is 1.89. The average Bonchev–Trinajstić information content (AvgIpc) is 3.28. The number of hydrogen-bond acceptors (Lipinski definition) is 5. The van der Waals surface area contributed by atoms with Crippen LogP contribution in [0.2, 0.25) is 0 Å². The van der Waals surface area contributed by atoms with Crippen LogP contribution < -0.4 is 15.5 Å². The van der Waals surface area contributed by atoms with Gasteiger partial charge in [-0.05, 0) is 35.6 Å². The third-order valence-electron chi connectivity index (χ3n) is 4.95. The highest BCUT2D eigenvalue weighted by Gasteiger charge is 2.21. The molecule has 0 spiro atoms. The standard InChI is InChI=1S/C22H24N4OS/c27-22(24-11-10-19-7-4-14-28-19)18-8-9-21(25-15-18)26-13-12-23-20(16-26)17-5-2-1-3-6-17/h1-9,14-15,20,23H,10-13,16H2,(H,24,27)/t20-/m0/s1. The lowest BCUT2D eigenvalue weighted by atomic mass is 10.0. The van der Waals surface area contributed by atoms with Crippen molar-refractivity contribution < 1.29 is 4.79 Å². The first kappa shape index (κ1) is 18.7. The van der Waals surface area contributed by atoms with Gasteiger partial charge in [0, 0.05) is 43.3 Å². The number of nitrogens with one attached hydrogen (secondary N) is 2. The predicted molar refractivity (Wildman–Crippen MR) is 114 cm³/mol. The number of pyridine rings is 1. The van der Waals surface area contributed by atoms with Crippen LogP contribution in [0, 0.1) is 0 Å². The number of thiophene rings is 1. The first-order chi connectivity index (χ1) is 13.8. The number of hydrogen-bond donors (Lipinski definition) is 2. The van der Waals surface area contributed by atoms with E-state index < -0.39 is 0 Å². The summed E-state index contributed by atoms with van der Waals surface area (Å²) in [5.74, 6) is 0.843. The molecule has 1 amide bonds. The lowest BCUT2D eigenvalue weighted by Crippen LogP contribution is -2.46. The molecule has 1 aromatic carbocycles. The molecule has 2 N–H and O–H groups in total. The zero-order valence-corrected chi connectivity index (χ0v) is 16.5. The molecule has 4 rings (SSSR count). The number of piperazine rings is 1. The minimum absolute atomic E-state index is 0.0712. The molecule has 0 aliphatic carbocycles. The molecule has 1 saturated heterocycles. The molecule has 5 nitrogen and oxygen atoms in total. The lowest BCUT2D eigenvalue weighted by molar-refractivity contribution is 0.0954. The highest BCUT2D eigenvalue weighted by Crippen LogP contribution is 2.21. The average molecular weight is 393 g/mol. The molecule has 3 aromatic rings. The number of benzene rings is 1. The van der Waals surface area contributed by atoms with Crippen LogP contribution in [0.5, 0.6) is 0 Å². The Bertz CT molecular complexity index is 881. The molecule has 1 aliphatic heterocycles. The van der Waals surface area contributed by atoms with Crippen LogP contribution >= 0.6 is 11.3 Å². The van der Waals surface area contributed by atoms with Crippen molar-refractivity contribution in [2.24, 2.45) is 0 Å². The molecule has 2 aromatic heterocycles. The van der Waals surface area contributed by atoms with Crippen LogP contribution in [0.25, 0.3) is 0 Å². The van der Waals surface area contributed by atoms with E-state index >= 15 is 0 Å². The molecule has 1 atom stereocenters. The third-order valence-corrected chi connectivity index (χ3v) is 5.88. The van der Waals surface area contributed by atoms with Crippen molar-refractivity contribution in [3.8, 4) is 0 Å². The molecular weight excluding hydrogens is 368 g/mol. The van der Waals surface area contributed by atoms with E-state index in [-0.39, 0.29) is 11.9 Å². The summed E-state index contributed by atoms with van der Waals surface area (Å²) in [6.07, 6.45) is 2.53. The van der Waals surface area contributed by atoms with E-state index in [1.54, 1.807) is 17.5 Å². The summed E-state index contributed by atoms with van der Waals surface area (Å²) in [4.78, 5) is 20.4. The van der Waals surface area contributed by atoms with E-state index in [1.165, 1.54) is 10.4 Å². The first-order valence-corrected chi connectivity index (χ1v) is 10.5. The zero-order chi connectivity index (χ0) is 19.2. The SMILES string of the molecule is O=C(NCCc1cccs1)c1ccc(N2CCN[C@H](c3ccccc3)C2)nc1. The fraction of sp³-hybridized carbons (Fsp3) is 0.273. The van der Waals surface area contributed by atoms with Gasteiger partial charge in [0.1, 0.15) is 5.82 Å². The Morgan fingerprint density at radius 2 is 2.07 bits per heavy atom. The van der Waals surface area contributed by atoms with Gasteiger partial charge in [0.25, 0.3) is 5.91 Å². The van der Waals surface area contributed by atoms with Gasteiger partial charge < -0.3 is 15.5 Å². The summed E-state index contributed by atoms with van der Waals surface area (Å²) >= 11 is 1.71. The Morgan fingerprint density at radius 3 is 2.82 bits per heavy atom. The summed E-state index contributed by atoms with van der Waals surface area (Å²) < 4.78 is 0. The number of rotatable bonds is 6. The predicted octanol–water partition coefficient (Wildman–Crippen LogP) is 3.27. The van der Waals surface area contributed by atoms with E-state index in [2.05, 4.69) is 56.2 Å². The van der Waals surface area contributed by atoms with E-state index in [1.807, 2.05) is 24.3 Å². The largest absolute Gasteiger partial charge is 0.353 e. The highest BCUT2D eigenvalue weighted by atomic mass is 32.1. The van der Waals surface area contributed by atoms with Gasteiger partial charge >= 0.3 is 0 Å². The van der Waals surface area contributed by atoms with Gasteiger partial charge in [0.2, 0.25) is 0 Å². The van der Waals surface area contributed by atoms with Gasteiger partial charge in [-0.1, -0.05) is 36.4 Å². The molecule has 3 heterocycles. The van der Waals surface area contributed by atoms with Crippen molar-refractivity contribution in [3.05, 3.63) is 82.2 Å².